The van der Waals surface area contributed by atoms with Crippen LogP contribution in [0.25, 0.3) is 0 Å². The molecule has 1 aromatic carbocycles. The molecule has 0 fully saturated rings. The third-order valence-corrected chi connectivity index (χ3v) is 5.86. The molecule has 0 amide bonds. The van der Waals surface area contributed by atoms with E-state index in [0.717, 1.165) is 6.26 Å². The molecule has 0 aliphatic heterocycles. The van der Waals surface area contributed by atoms with E-state index < -0.39 is 21.6 Å². The van der Waals surface area contributed by atoms with Gasteiger partial charge in [0.25, 0.3) is 0 Å². The van der Waals surface area contributed by atoms with E-state index in [1.54, 1.807) is 27.8 Å². The fourth-order valence-electron chi connectivity index (χ4n) is 2.91. The van der Waals surface area contributed by atoms with Gasteiger partial charge in [-0.3, -0.25) is 4.79 Å². The summed E-state index contributed by atoms with van der Waals surface area (Å²) >= 11 is 6.32. The van der Waals surface area contributed by atoms with E-state index >= 15 is 0 Å². The van der Waals surface area contributed by atoms with Crippen molar-refractivity contribution in [2.45, 2.75) is 25.7 Å². The lowest BCUT2D eigenvalue weighted by Crippen LogP contribution is -2.17. The highest BCUT2D eigenvalue weighted by atomic mass is 35.5. The fraction of sp³-hybridized carbons (Fsp3) is 0.389. The molecule has 0 atom stereocenters. The van der Waals surface area contributed by atoms with Gasteiger partial charge in [0.15, 0.2) is 16.4 Å². The summed E-state index contributed by atoms with van der Waals surface area (Å²) in [5.41, 5.74) is 0.925. The van der Waals surface area contributed by atoms with Crippen molar-refractivity contribution in [2.24, 2.45) is 7.05 Å². The second-order valence-corrected chi connectivity index (χ2v) is 8.52. The highest BCUT2D eigenvalue weighted by Crippen LogP contribution is 2.33. The van der Waals surface area contributed by atoms with Gasteiger partial charge in [0.1, 0.15) is 5.56 Å². The molecule has 2 aromatic rings. The quantitative estimate of drug-likeness (QED) is 0.492. The Hall–Kier alpha value is -2.39. The highest BCUT2D eigenvalue weighted by Gasteiger charge is 2.26. The molecular formula is C18H21ClN2O6S. The maximum absolute atomic E-state index is 13.1. The number of halogens is 1. The van der Waals surface area contributed by atoms with Gasteiger partial charge in [0.2, 0.25) is 11.7 Å². The topological polar surface area (TPSA) is 105 Å². The minimum Gasteiger partial charge on any atom is -0.465 e. The number of carbonyl (C=O) groups excluding carboxylic acids is 2. The maximum atomic E-state index is 13.1. The van der Waals surface area contributed by atoms with E-state index in [1.807, 2.05) is 0 Å². The van der Waals surface area contributed by atoms with Gasteiger partial charge >= 0.3 is 5.97 Å². The van der Waals surface area contributed by atoms with Crippen molar-refractivity contribution in [3.63, 3.8) is 0 Å². The van der Waals surface area contributed by atoms with Crippen LogP contribution < -0.4 is 4.74 Å². The van der Waals surface area contributed by atoms with E-state index in [9.17, 15) is 18.0 Å². The molecule has 1 heterocycles. The molecular weight excluding hydrogens is 408 g/mol. The second-order valence-electron chi connectivity index (χ2n) is 6.19. The normalized spacial score (nSPS) is 11.4. The average Bonchev–Trinajstić information content (AvgIpc) is 2.95. The van der Waals surface area contributed by atoms with E-state index in [1.165, 1.54) is 16.9 Å². The molecule has 28 heavy (non-hydrogen) atoms. The minimum absolute atomic E-state index is 0.0382. The number of hydrogen-bond acceptors (Lipinski definition) is 7. The average molecular weight is 429 g/mol. The van der Waals surface area contributed by atoms with Crippen LogP contribution in [-0.4, -0.2) is 49.4 Å². The van der Waals surface area contributed by atoms with Crippen LogP contribution in [-0.2, 0) is 26.4 Å². The van der Waals surface area contributed by atoms with Crippen molar-refractivity contribution in [3.8, 4) is 5.88 Å². The summed E-state index contributed by atoms with van der Waals surface area (Å²) in [5, 5.41) is 4.04. The van der Waals surface area contributed by atoms with E-state index in [0.29, 0.717) is 11.1 Å². The number of aryl methyl sites for hydroxylation is 2. The van der Waals surface area contributed by atoms with Crippen LogP contribution >= 0.6 is 11.6 Å². The Morgan fingerprint density at radius 1 is 1.25 bits per heavy atom. The zero-order valence-corrected chi connectivity index (χ0v) is 17.8. The Balaban J connectivity index is 2.47. The summed E-state index contributed by atoms with van der Waals surface area (Å²) in [6.45, 7) is 4.64. The molecule has 152 valence electrons. The zero-order valence-electron chi connectivity index (χ0n) is 16.2. The number of benzene rings is 1. The summed E-state index contributed by atoms with van der Waals surface area (Å²) in [6, 6.07) is 1.43. The lowest BCUT2D eigenvalue weighted by molar-refractivity contribution is -0.145. The van der Waals surface area contributed by atoms with Crippen LogP contribution in [0.2, 0.25) is 5.02 Å². The third-order valence-electron chi connectivity index (χ3n) is 4.00. The number of ketones is 1. The Bertz CT molecular complexity index is 1040. The van der Waals surface area contributed by atoms with Gasteiger partial charge in [-0.2, -0.15) is 5.10 Å². The van der Waals surface area contributed by atoms with Crippen molar-refractivity contribution in [3.05, 3.63) is 39.5 Å². The van der Waals surface area contributed by atoms with Gasteiger partial charge in [0.05, 0.1) is 22.7 Å². The predicted molar refractivity (Wildman–Crippen MR) is 103 cm³/mol. The molecule has 0 aliphatic carbocycles. The molecule has 0 saturated carbocycles. The first-order chi connectivity index (χ1) is 13.0. The molecule has 10 heteroatoms. The monoisotopic (exact) mass is 428 g/mol. The molecule has 1 aromatic heterocycles. The summed E-state index contributed by atoms with van der Waals surface area (Å²) in [5.74, 6) is -0.996. The standard InChI is InChI=1S/C18H21ClN2O6S/c1-6-26-14(22)9-27-18-13(8-20-21(18)4)16(23)12-7-10(2)17(28(5,24)25)11(3)15(12)19/h7-8H,6,9H2,1-5H3. The van der Waals surface area contributed by atoms with E-state index in [4.69, 9.17) is 21.1 Å². The largest absolute Gasteiger partial charge is 0.465 e. The SMILES string of the molecule is CCOC(=O)COc1c(C(=O)c2cc(C)c(S(C)(=O)=O)c(C)c2Cl)cnn1C. The van der Waals surface area contributed by atoms with Crippen LogP contribution in [0.3, 0.4) is 0 Å². The van der Waals surface area contributed by atoms with Gasteiger partial charge in [-0.25, -0.2) is 17.9 Å². The van der Waals surface area contributed by atoms with Gasteiger partial charge in [-0.15, -0.1) is 0 Å². The van der Waals surface area contributed by atoms with Gasteiger partial charge in [-0.05, 0) is 38.0 Å². The van der Waals surface area contributed by atoms with E-state index in [2.05, 4.69) is 5.10 Å². The molecule has 0 aliphatic rings. The molecule has 0 saturated heterocycles. The van der Waals surface area contributed by atoms with Crippen molar-refractivity contribution in [2.75, 3.05) is 19.5 Å². The van der Waals surface area contributed by atoms with Gasteiger partial charge < -0.3 is 9.47 Å². The predicted octanol–water partition coefficient (Wildman–Crippen LogP) is 2.27. The molecule has 0 bridgehead atoms. The minimum atomic E-state index is -3.51. The molecule has 0 radical (unpaired) electrons. The summed E-state index contributed by atoms with van der Waals surface area (Å²) in [6.07, 6.45) is 2.39. The first-order valence-electron chi connectivity index (χ1n) is 8.33. The van der Waals surface area contributed by atoms with Crippen molar-refractivity contribution < 1.29 is 27.5 Å². The third kappa shape index (κ3) is 4.36. The molecule has 0 N–H and O–H groups in total. The Morgan fingerprint density at radius 3 is 2.46 bits per heavy atom. The van der Waals surface area contributed by atoms with Crippen LogP contribution in [0.5, 0.6) is 5.88 Å². The number of nitrogens with zero attached hydrogens (tertiary/aromatic N) is 2. The lowest BCUT2D eigenvalue weighted by atomic mass is 10.0. The first-order valence-corrected chi connectivity index (χ1v) is 10.6. The Kier molecular flexibility index (Phi) is 6.51. The van der Waals surface area contributed by atoms with Gasteiger partial charge in [-0.1, -0.05) is 11.6 Å². The fourth-order valence-corrected chi connectivity index (χ4v) is 4.50. The Morgan fingerprint density at radius 2 is 1.89 bits per heavy atom. The Labute approximate surface area is 168 Å². The smallest absolute Gasteiger partial charge is 0.344 e. The summed E-state index contributed by atoms with van der Waals surface area (Å²) in [4.78, 5) is 24.7. The number of rotatable bonds is 7. The van der Waals surface area contributed by atoms with Crippen LogP contribution in [0.1, 0.15) is 34.0 Å². The van der Waals surface area contributed by atoms with Crippen molar-refractivity contribution in [1.82, 2.24) is 9.78 Å². The number of carbonyl (C=O) groups is 2. The van der Waals surface area contributed by atoms with Crippen LogP contribution in [0, 0.1) is 13.8 Å². The summed E-state index contributed by atoms with van der Waals surface area (Å²) in [7, 11) is -1.95. The number of aromatic nitrogens is 2. The van der Waals surface area contributed by atoms with Crippen LogP contribution in [0.4, 0.5) is 0 Å². The number of sulfone groups is 1. The van der Waals surface area contributed by atoms with Crippen molar-refractivity contribution >= 4 is 33.2 Å². The highest BCUT2D eigenvalue weighted by molar-refractivity contribution is 7.90. The van der Waals surface area contributed by atoms with Crippen molar-refractivity contribution in [1.29, 1.82) is 0 Å². The summed E-state index contributed by atoms with van der Waals surface area (Å²) < 4.78 is 35.6. The second kappa shape index (κ2) is 8.32. The number of esters is 1. The molecule has 2 rings (SSSR count). The van der Waals surface area contributed by atoms with E-state index in [-0.39, 0.29) is 40.1 Å². The number of hydrogen-bond donors (Lipinski definition) is 0. The molecule has 0 spiro atoms. The first kappa shape index (κ1) is 21.9. The zero-order chi connectivity index (χ0) is 21.2. The molecule has 0 unspecified atom stereocenters. The lowest BCUT2D eigenvalue weighted by Gasteiger charge is -2.14. The van der Waals surface area contributed by atoms with Crippen LogP contribution in [0.15, 0.2) is 17.2 Å². The van der Waals surface area contributed by atoms with Gasteiger partial charge in [0, 0.05) is 18.9 Å². The maximum Gasteiger partial charge on any atom is 0.344 e. The molecule has 8 nitrogen and oxygen atoms in total. The number of ether oxygens (including phenoxy) is 2.